The molecule has 370 valence electrons. The summed E-state index contributed by atoms with van der Waals surface area (Å²) < 4.78 is 32.9. The summed E-state index contributed by atoms with van der Waals surface area (Å²) in [5.74, 6) is -0.896. The van der Waals surface area contributed by atoms with Crippen LogP contribution in [0.2, 0.25) is 0 Å². The summed E-state index contributed by atoms with van der Waals surface area (Å²) in [4.78, 5) is 35.0. The minimum Gasteiger partial charge on any atom is -0.462 e. The molecule has 0 saturated carbocycles. The van der Waals surface area contributed by atoms with Crippen molar-refractivity contribution in [3.05, 3.63) is 109 Å². The molecule has 0 heterocycles. The second-order valence-corrected chi connectivity index (χ2v) is 17.8. The van der Waals surface area contributed by atoms with Crippen molar-refractivity contribution in [2.75, 3.05) is 26.4 Å². The highest BCUT2D eigenvalue weighted by Gasteiger charge is 2.26. The van der Waals surface area contributed by atoms with Crippen molar-refractivity contribution in [3.8, 4) is 0 Å². The smallest absolute Gasteiger partial charge is 0.462 e. The van der Waals surface area contributed by atoms with Gasteiger partial charge >= 0.3 is 19.8 Å². The first-order valence-corrected chi connectivity index (χ1v) is 26.9. The number of nitrogens with two attached hydrogens (primary N) is 1. The molecule has 0 bridgehead atoms. The van der Waals surface area contributed by atoms with Crippen molar-refractivity contribution >= 4 is 19.8 Å². The highest BCUT2D eigenvalue weighted by molar-refractivity contribution is 7.47. The standard InChI is InChI=1S/C55H92NO8P/c1-3-5-7-9-11-13-15-17-19-21-23-25-26-28-29-31-33-35-37-39-41-43-45-47-54(57)61-51-53(52-63-65(59,60)62-50-49-56)64-55(58)48-46-44-42-40-38-36-34-32-30-27-24-22-20-18-16-14-12-10-8-6-4-2/h6,8,12,14-15,17-18,20-21,23-24,26-28,32,34,38,40,53H,3-5,7,9-11,13,16,19,22,25,29-31,33,35-37,39,41-52,56H2,1-2H3,(H,59,60)/b8-6-,14-12-,17-15-,20-18-,23-21-,27-24-,28-26-,34-32-,40-38-. The number of rotatable bonds is 46. The number of allylic oxidation sites excluding steroid dienone is 18. The molecule has 9 nitrogen and oxygen atoms in total. The second kappa shape index (κ2) is 50.1. The van der Waals surface area contributed by atoms with Gasteiger partial charge in [-0.05, 0) is 103 Å². The Bertz CT molecular complexity index is 1430. The zero-order valence-corrected chi connectivity index (χ0v) is 41.8. The van der Waals surface area contributed by atoms with Crippen LogP contribution in [0.1, 0.15) is 194 Å². The molecule has 0 rings (SSSR count). The van der Waals surface area contributed by atoms with Crippen LogP contribution in [-0.2, 0) is 32.7 Å². The number of carbonyl (C=O) groups is 2. The van der Waals surface area contributed by atoms with E-state index in [0.29, 0.717) is 12.8 Å². The summed E-state index contributed by atoms with van der Waals surface area (Å²) in [5, 5.41) is 0. The molecular formula is C55H92NO8P. The number of hydrogen-bond donors (Lipinski definition) is 2. The van der Waals surface area contributed by atoms with E-state index in [9.17, 15) is 19.0 Å². The summed E-state index contributed by atoms with van der Waals surface area (Å²) in [7, 11) is -4.41. The molecule has 3 N–H and O–H groups in total. The molecule has 0 spiro atoms. The van der Waals surface area contributed by atoms with E-state index in [0.717, 1.165) is 89.9 Å². The van der Waals surface area contributed by atoms with Crippen LogP contribution in [0.3, 0.4) is 0 Å². The number of unbranched alkanes of at least 4 members (excludes halogenated alkanes) is 15. The Morgan fingerprint density at radius 3 is 1.29 bits per heavy atom. The van der Waals surface area contributed by atoms with Gasteiger partial charge in [0.05, 0.1) is 13.2 Å². The van der Waals surface area contributed by atoms with Crippen molar-refractivity contribution in [3.63, 3.8) is 0 Å². The zero-order chi connectivity index (χ0) is 47.4. The van der Waals surface area contributed by atoms with Gasteiger partial charge in [0.15, 0.2) is 6.10 Å². The van der Waals surface area contributed by atoms with Gasteiger partial charge in [0.1, 0.15) is 6.61 Å². The van der Waals surface area contributed by atoms with Gasteiger partial charge in [0.25, 0.3) is 0 Å². The number of phosphoric acid groups is 1. The maximum atomic E-state index is 12.6. The largest absolute Gasteiger partial charge is 0.472 e. The van der Waals surface area contributed by atoms with E-state index < -0.39 is 32.5 Å². The van der Waals surface area contributed by atoms with E-state index in [1.165, 1.54) is 64.2 Å². The lowest BCUT2D eigenvalue weighted by molar-refractivity contribution is -0.161. The van der Waals surface area contributed by atoms with Crippen LogP contribution in [-0.4, -0.2) is 49.3 Å². The lowest BCUT2D eigenvalue weighted by Gasteiger charge is -2.19. The van der Waals surface area contributed by atoms with Crippen LogP contribution in [0.25, 0.3) is 0 Å². The Morgan fingerprint density at radius 2 is 0.846 bits per heavy atom. The van der Waals surface area contributed by atoms with E-state index in [4.69, 9.17) is 24.3 Å². The lowest BCUT2D eigenvalue weighted by Crippen LogP contribution is -2.29. The molecule has 0 aliphatic carbocycles. The van der Waals surface area contributed by atoms with E-state index in [1.54, 1.807) is 0 Å². The summed E-state index contributed by atoms with van der Waals surface area (Å²) in [6.07, 6.45) is 67.0. The Kier molecular flexibility index (Phi) is 47.5. The molecule has 0 saturated heterocycles. The molecule has 0 aromatic heterocycles. The Hall–Kier alpha value is -3.33. The average Bonchev–Trinajstić information content (AvgIpc) is 3.30. The molecular weight excluding hydrogens is 834 g/mol. The summed E-state index contributed by atoms with van der Waals surface area (Å²) in [6, 6.07) is 0. The molecule has 65 heavy (non-hydrogen) atoms. The van der Waals surface area contributed by atoms with E-state index in [2.05, 4.69) is 123 Å². The predicted molar refractivity (Wildman–Crippen MR) is 275 cm³/mol. The summed E-state index contributed by atoms with van der Waals surface area (Å²) >= 11 is 0. The van der Waals surface area contributed by atoms with Crippen molar-refractivity contribution in [1.82, 2.24) is 0 Å². The molecule has 0 amide bonds. The quantitative estimate of drug-likeness (QED) is 0.0265. The number of carbonyl (C=O) groups excluding carboxylic acids is 2. The second-order valence-electron chi connectivity index (χ2n) is 16.3. The summed E-state index contributed by atoms with van der Waals surface area (Å²) in [5.41, 5.74) is 5.36. The molecule has 0 fully saturated rings. The minimum absolute atomic E-state index is 0.0386. The Morgan fingerprint density at radius 1 is 0.477 bits per heavy atom. The van der Waals surface area contributed by atoms with Crippen LogP contribution in [0, 0.1) is 0 Å². The highest BCUT2D eigenvalue weighted by Crippen LogP contribution is 2.43. The summed E-state index contributed by atoms with van der Waals surface area (Å²) in [6.45, 7) is 3.54. The molecule has 0 aromatic carbocycles. The fraction of sp³-hybridized carbons (Fsp3) is 0.636. The third kappa shape index (κ3) is 49.9. The number of esters is 2. The number of phosphoric ester groups is 1. The first kappa shape index (κ1) is 61.7. The number of hydrogen-bond acceptors (Lipinski definition) is 8. The third-order valence-corrected chi connectivity index (χ3v) is 11.1. The maximum absolute atomic E-state index is 12.6. The van der Waals surface area contributed by atoms with Crippen molar-refractivity contribution in [2.45, 2.75) is 200 Å². The average molecular weight is 926 g/mol. The van der Waals surface area contributed by atoms with Gasteiger partial charge < -0.3 is 20.1 Å². The minimum atomic E-state index is -4.41. The van der Waals surface area contributed by atoms with E-state index in [-0.39, 0.29) is 32.6 Å². The van der Waals surface area contributed by atoms with Gasteiger partial charge in [0.2, 0.25) is 0 Å². The van der Waals surface area contributed by atoms with Crippen LogP contribution >= 0.6 is 7.82 Å². The van der Waals surface area contributed by atoms with Crippen LogP contribution in [0.15, 0.2) is 109 Å². The monoisotopic (exact) mass is 926 g/mol. The predicted octanol–water partition coefficient (Wildman–Crippen LogP) is 15.5. The van der Waals surface area contributed by atoms with Gasteiger partial charge in [-0.2, -0.15) is 0 Å². The number of ether oxygens (including phenoxy) is 2. The molecule has 0 aliphatic heterocycles. The first-order chi connectivity index (χ1) is 31.8. The van der Waals surface area contributed by atoms with Gasteiger partial charge in [-0.3, -0.25) is 18.6 Å². The third-order valence-electron chi connectivity index (χ3n) is 10.1. The molecule has 10 heteroatoms. The van der Waals surface area contributed by atoms with Gasteiger partial charge in [-0.25, -0.2) is 4.57 Å². The Labute approximate surface area is 397 Å². The topological polar surface area (TPSA) is 134 Å². The fourth-order valence-corrected chi connectivity index (χ4v) is 7.17. The SMILES string of the molecule is CC/C=C\C/C=C\C/C=C\C/C=C\C/C=C\C/C=C\CCCCC(=O)OC(COC(=O)CCCCCCCCCC/C=C\C/C=C\C/C=C\CCCCCCC)COP(=O)(O)OCCN. The van der Waals surface area contributed by atoms with E-state index >= 15 is 0 Å². The van der Waals surface area contributed by atoms with Crippen molar-refractivity contribution < 1.29 is 37.6 Å². The van der Waals surface area contributed by atoms with Gasteiger partial charge in [-0.1, -0.05) is 187 Å². The van der Waals surface area contributed by atoms with Crippen molar-refractivity contribution in [1.29, 1.82) is 0 Å². The molecule has 0 aliphatic rings. The van der Waals surface area contributed by atoms with Crippen molar-refractivity contribution in [2.24, 2.45) is 5.73 Å². The van der Waals surface area contributed by atoms with E-state index in [1.807, 2.05) is 0 Å². The molecule has 2 unspecified atom stereocenters. The normalized spacial score (nSPS) is 14.1. The van der Waals surface area contributed by atoms with Gasteiger partial charge in [0, 0.05) is 19.4 Å². The molecule has 0 radical (unpaired) electrons. The lowest BCUT2D eigenvalue weighted by atomic mass is 10.1. The molecule has 0 aromatic rings. The highest BCUT2D eigenvalue weighted by atomic mass is 31.2. The maximum Gasteiger partial charge on any atom is 0.472 e. The van der Waals surface area contributed by atoms with Crippen LogP contribution in [0.4, 0.5) is 0 Å². The molecule has 2 atom stereocenters. The Balaban J connectivity index is 4.19. The van der Waals surface area contributed by atoms with Crippen LogP contribution < -0.4 is 5.73 Å². The first-order valence-electron chi connectivity index (χ1n) is 25.4. The van der Waals surface area contributed by atoms with Crippen LogP contribution in [0.5, 0.6) is 0 Å². The zero-order valence-electron chi connectivity index (χ0n) is 40.9. The fourth-order valence-electron chi connectivity index (χ4n) is 6.41. The van der Waals surface area contributed by atoms with Gasteiger partial charge in [-0.15, -0.1) is 0 Å².